The SMILES string of the molecule is CCOC(=O)/C=C\c1cccc(OCCCN=c2ccccn2O)c1. The lowest BCUT2D eigenvalue weighted by atomic mass is 10.2. The first-order valence-corrected chi connectivity index (χ1v) is 8.14. The van der Waals surface area contributed by atoms with Gasteiger partial charge in [0.25, 0.3) is 0 Å². The molecule has 0 atom stereocenters. The molecule has 1 N–H and O–H groups in total. The van der Waals surface area contributed by atoms with E-state index in [-0.39, 0.29) is 5.97 Å². The van der Waals surface area contributed by atoms with Crippen LogP contribution in [0, 0.1) is 0 Å². The van der Waals surface area contributed by atoms with E-state index in [1.54, 1.807) is 25.1 Å². The fraction of sp³-hybridized carbons (Fsp3) is 0.263. The maximum atomic E-state index is 11.3. The first kappa shape index (κ1) is 18.3. The van der Waals surface area contributed by atoms with Crippen molar-refractivity contribution in [1.29, 1.82) is 0 Å². The van der Waals surface area contributed by atoms with Gasteiger partial charge in [-0.2, -0.15) is 4.73 Å². The van der Waals surface area contributed by atoms with Gasteiger partial charge in [-0.15, -0.1) is 0 Å². The summed E-state index contributed by atoms with van der Waals surface area (Å²) in [4.78, 5) is 15.6. The first-order chi connectivity index (χ1) is 12.2. The van der Waals surface area contributed by atoms with Gasteiger partial charge in [0.2, 0.25) is 0 Å². The molecule has 0 amide bonds. The van der Waals surface area contributed by atoms with Crippen molar-refractivity contribution in [3.63, 3.8) is 0 Å². The number of rotatable bonds is 8. The fourth-order valence-electron chi connectivity index (χ4n) is 2.06. The molecule has 0 aliphatic carbocycles. The van der Waals surface area contributed by atoms with E-state index in [4.69, 9.17) is 9.47 Å². The number of aromatic nitrogens is 1. The third kappa shape index (κ3) is 6.55. The van der Waals surface area contributed by atoms with Crippen molar-refractivity contribution in [2.45, 2.75) is 13.3 Å². The highest BCUT2D eigenvalue weighted by Gasteiger charge is 1.97. The molecule has 0 fully saturated rings. The molecule has 6 nitrogen and oxygen atoms in total. The Morgan fingerprint density at radius 2 is 2.16 bits per heavy atom. The van der Waals surface area contributed by atoms with Crippen LogP contribution in [0.5, 0.6) is 5.75 Å². The third-order valence-electron chi connectivity index (χ3n) is 3.22. The van der Waals surface area contributed by atoms with Crippen LogP contribution >= 0.6 is 0 Å². The smallest absolute Gasteiger partial charge is 0.330 e. The van der Waals surface area contributed by atoms with E-state index in [0.29, 0.717) is 25.2 Å². The predicted octanol–water partition coefficient (Wildman–Crippen LogP) is 2.67. The second-order valence-corrected chi connectivity index (χ2v) is 5.15. The highest BCUT2D eigenvalue weighted by Crippen LogP contribution is 2.14. The molecule has 0 spiro atoms. The molecule has 0 bridgehead atoms. The molecule has 132 valence electrons. The quantitative estimate of drug-likeness (QED) is 0.346. The van der Waals surface area contributed by atoms with E-state index in [1.807, 2.05) is 30.3 Å². The standard InChI is InChI=1S/C19H22N2O4/c1-2-24-19(22)11-10-16-7-5-8-17(15-16)25-14-6-12-20-18-9-3-4-13-21(18)23/h3-5,7-11,13,15,23H,2,6,12,14H2,1H3/b11-10-,20-18?. The number of esters is 1. The number of ether oxygens (including phenoxy) is 2. The van der Waals surface area contributed by atoms with Crippen LogP contribution in [0.15, 0.2) is 59.7 Å². The minimum Gasteiger partial charge on any atom is -0.494 e. The van der Waals surface area contributed by atoms with Gasteiger partial charge >= 0.3 is 5.97 Å². The molecule has 0 saturated carbocycles. The Morgan fingerprint density at radius 1 is 1.28 bits per heavy atom. The second-order valence-electron chi connectivity index (χ2n) is 5.15. The number of carbonyl (C=O) groups is 1. The summed E-state index contributed by atoms with van der Waals surface area (Å²) in [5, 5.41) is 9.55. The molecule has 25 heavy (non-hydrogen) atoms. The Kier molecular flexibility index (Phi) is 7.31. The summed E-state index contributed by atoms with van der Waals surface area (Å²) >= 11 is 0. The number of pyridine rings is 1. The lowest BCUT2D eigenvalue weighted by Crippen LogP contribution is -2.17. The highest BCUT2D eigenvalue weighted by molar-refractivity contribution is 5.87. The lowest BCUT2D eigenvalue weighted by Gasteiger charge is -2.06. The normalized spacial score (nSPS) is 11.6. The predicted molar refractivity (Wildman–Crippen MR) is 94.3 cm³/mol. The van der Waals surface area contributed by atoms with Gasteiger partial charge in [-0.05, 0) is 42.8 Å². The van der Waals surface area contributed by atoms with Crippen LogP contribution in [0.2, 0.25) is 0 Å². The van der Waals surface area contributed by atoms with Crippen LogP contribution < -0.4 is 10.2 Å². The molecule has 0 unspecified atom stereocenters. The van der Waals surface area contributed by atoms with Crippen LogP contribution in [0.4, 0.5) is 0 Å². The van der Waals surface area contributed by atoms with Crippen molar-refractivity contribution >= 4 is 12.0 Å². The molecular weight excluding hydrogens is 320 g/mol. The summed E-state index contributed by atoms with van der Waals surface area (Å²) in [7, 11) is 0. The van der Waals surface area contributed by atoms with Gasteiger partial charge in [0.1, 0.15) is 5.75 Å². The maximum Gasteiger partial charge on any atom is 0.330 e. The van der Waals surface area contributed by atoms with Gasteiger partial charge in [-0.25, -0.2) is 4.79 Å². The van der Waals surface area contributed by atoms with E-state index in [2.05, 4.69) is 4.99 Å². The highest BCUT2D eigenvalue weighted by atomic mass is 16.5. The number of hydrogen-bond acceptors (Lipinski definition) is 5. The summed E-state index contributed by atoms with van der Waals surface area (Å²) in [5.74, 6) is 0.361. The number of benzene rings is 1. The van der Waals surface area contributed by atoms with Crippen LogP contribution in [0.1, 0.15) is 18.9 Å². The summed E-state index contributed by atoms with van der Waals surface area (Å²) in [5.41, 5.74) is 1.37. The molecule has 1 aromatic carbocycles. The molecule has 0 aliphatic rings. The Hall–Kier alpha value is -3.02. The fourth-order valence-corrected chi connectivity index (χ4v) is 2.06. The van der Waals surface area contributed by atoms with E-state index < -0.39 is 0 Å². The zero-order chi connectivity index (χ0) is 17.9. The Balaban J connectivity index is 1.81. The van der Waals surface area contributed by atoms with E-state index in [1.165, 1.54) is 12.3 Å². The summed E-state index contributed by atoms with van der Waals surface area (Å²) in [6.45, 7) is 3.18. The molecule has 2 rings (SSSR count). The second kappa shape index (κ2) is 9.97. The van der Waals surface area contributed by atoms with Gasteiger partial charge in [-0.3, -0.25) is 4.99 Å². The van der Waals surface area contributed by atoms with E-state index in [9.17, 15) is 10.0 Å². The third-order valence-corrected chi connectivity index (χ3v) is 3.22. The molecule has 0 aliphatic heterocycles. The Bertz CT molecular complexity index is 781. The average Bonchev–Trinajstić information content (AvgIpc) is 2.62. The summed E-state index contributed by atoms with van der Waals surface area (Å²) < 4.78 is 11.5. The van der Waals surface area contributed by atoms with Crippen molar-refractivity contribution in [1.82, 2.24) is 4.73 Å². The van der Waals surface area contributed by atoms with Crippen LogP contribution in [-0.4, -0.2) is 35.7 Å². The zero-order valence-electron chi connectivity index (χ0n) is 14.2. The van der Waals surface area contributed by atoms with E-state index >= 15 is 0 Å². The van der Waals surface area contributed by atoms with Gasteiger partial charge < -0.3 is 14.7 Å². The molecule has 0 saturated heterocycles. The van der Waals surface area contributed by atoms with Crippen LogP contribution in [0.3, 0.4) is 0 Å². The Labute approximate surface area is 146 Å². The van der Waals surface area contributed by atoms with Gasteiger partial charge in [-0.1, -0.05) is 18.2 Å². The van der Waals surface area contributed by atoms with E-state index in [0.717, 1.165) is 22.5 Å². The van der Waals surface area contributed by atoms with Crippen molar-refractivity contribution in [3.8, 4) is 5.75 Å². The van der Waals surface area contributed by atoms with Crippen molar-refractivity contribution < 1.29 is 19.5 Å². The first-order valence-electron chi connectivity index (χ1n) is 8.14. The van der Waals surface area contributed by atoms with Crippen LogP contribution in [-0.2, 0) is 9.53 Å². The minimum atomic E-state index is -0.363. The maximum absolute atomic E-state index is 11.3. The molecule has 6 heteroatoms. The monoisotopic (exact) mass is 342 g/mol. The minimum absolute atomic E-state index is 0.358. The van der Waals surface area contributed by atoms with Crippen molar-refractivity contribution in [2.75, 3.05) is 19.8 Å². The largest absolute Gasteiger partial charge is 0.494 e. The molecule has 2 aromatic rings. The molecule has 0 radical (unpaired) electrons. The summed E-state index contributed by atoms with van der Waals surface area (Å²) in [6, 6.07) is 12.7. The molecule has 1 heterocycles. The lowest BCUT2D eigenvalue weighted by molar-refractivity contribution is -0.137. The zero-order valence-corrected chi connectivity index (χ0v) is 14.2. The number of carbonyl (C=O) groups excluding carboxylic acids is 1. The van der Waals surface area contributed by atoms with Crippen molar-refractivity contribution in [2.24, 2.45) is 4.99 Å². The topological polar surface area (TPSA) is 73.0 Å². The Morgan fingerprint density at radius 3 is 2.96 bits per heavy atom. The summed E-state index contributed by atoms with van der Waals surface area (Å²) in [6.07, 6.45) is 5.34. The molecule has 1 aromatic heterocycles. The molecular formula is C19H22N2O4. The number of nitrogens with zero attached hydrogens (tertiary/aromatic N) is 2. The van der Waals surface area contributed by atoms with Gasteiger partial charge in [0.05, 0.1) is 13.2 Å². The number of hydrogen-bond donors (Lipinski definition) is 1. The van der Waals surface area contributed by atoms with Crippen molar-refractivity contribution in [3.05, 3.63) is 65.8 Å². The van der Waals surface area contributed by atoms with Crippen LogP contribution in [0.25, 0.3) is 6.08 Å². The average molecular weight is 342 g/mol. The van der Waals surface area contributed by atoms with Gasteiger partial charge in [0.15, 0.2) is 5.49 Å². The van der Waals surface area contributed by atoms with Gasteiger partial charge in [0, 0.05) is 25.2 Å².